The van der Waals surface area contributed by atoms with Crippen LogP contribution < -0.4 is 15.4 Å². The number of aromatic nitrogens is 3. The van der Waals surface area contributed by atoms with Gasteiger partial charge in [0.05, 0.1) is 12.0 Å². The van der Waals surface area contributed by atoms with E-state index in [0.29, 0.717) is 0 Å². The number of hydrogen-bond acceptors (Lipinski definition) is 6. The second-order valence-corrected chi connectivity index (χ2v) is 5.24. The number of ether oxygens (including phenoxy) is 1. The number of hydrogen-bond donors (Lipinski definition) is 2. The average molecular weight is 265 g/mol. The number of nitrogens with zero attached hydrogens (tertiary/aromatic N) is 3. The van der Waals surface area contributed by atoms with Crippen LogP contribution in [0.5, 0.6) is 5.75 Å². The summed E-state index contributed by atoms with van der Waals surface area (Å²) >= 11 is 1.58. The van der Waals surface area contributed by atoms with Gasteiger partial charge in [-0.1, -0.05) is 0 Å². The zero-order valence-electron chi connectivity index (χ0n) is 10.1. The molecule has 7 heteroatoms. The minimum atomic E-state index is 0.230. The minimum Gasteiger partial charge on any atom is -0.496 e. The summed E-state index contributed by atoms with van der Waals surface area (Å²) in [5, 5.41) is 9.15. The molecule has 0 amide bonds. The van der Waals surface area contributed by atoms with E-state index in [9.17, 15) is 0 Å². The van der Waals surface area contributed by atoms with Crippen molar-refractivity contribution >= 4 is 17.3 Å². The fraction of sp³-hybridized carbons (Fsp3) is 0.455. The zero-order chi connectivity index (χ0) is 12.5. The van der Waals surface area contributed by atoms with Gasteiger partial charge in [-0.15, -0.1) is 16.4 Å². The van der Waals surface area contributed by atoms with E-state index in [2.05, 4.69) is 20.1 Å². The Kier molecular flexibility index (Phi) is 2.92. The van der Waals surface area contributed by atoms with E-state index < -0.39 is 0 Å². The lowest BCUT2D eigenvalue weighted by molar-refractivity contribution is 0.417. The zero-order valence-corrected chi connectivity index (χ0v) is 10.9. The third-order valence-electron chi connectivity index (χ3n) is 3.03. The van der Waals surface area contributed by atoms with Crippen LogP contribution >= 0.6 is 11.3 Å². The molecule has 3 N–H and O–H groups in total. The van der Waals surface area contributed by atoms with Gasteiger partial charge in [-0.25, -0.2) is 0 Å². The summed E-state index contributed by atoms with van der Waals surface area (Å²) in [4.78, 5) is 7.63. The van der Waals surface area contributed by atoms with Gasteiger partial charge in [0.15, 0.2) is 5.82 Å². The maximum Gasteiger partial charge on any atom is 0.245 e. The lowest BCUT2D eigenvalue weighted by Gasteiger charge is -2.11. The smallest absolute Gasteiger partial charge is 0.245 e. The monoisotopic (exact) mass is 265 g/mol. The highest BCUT2D eigenvalue weighted by Gasteiger charge is 2.22. The van der Waals surface area contributed by atoms with Gasteiger partial charge >= 0.3 is 0 Å². The lowest BCUT2D eigenvalue weighted by Crippen LogP contribution is -2.26. The first-order valence-electron chi connectivity index (χ1n) is 5.82. The molecule has 1 aliphatic rings. The molecule has 3 heterocycles. The van der Waals surface area contributed by atoms with Gasteiger partial charge in [-0.2, -0.15) is 4.98 Å². The summed E-state index contributed by atoms with van der Waals surface area (Å²) in [7, 11) is 1.66. The Bertz CT molecular complexity index is 537. The van der Waals surface area contributed by atoms with Gasteiger partial charge in [-0.3, -0.25) is 5.10 Å². The number of anilines is 1. The summed E-state index contributed by atoms with van der Waals surface area (Å²) in [6.07, 6.45) is 0.997. The molecule has 0 saturated carbocycles. The first-order chi connectivity index (χ1) is 8.76. The van der Waals surface area contributed by atoms with Gasteiger partial charge in [0.1, 0.15) is 5.75 Å². The molecule has 0 aromatic carbocycles. The minimum absolute atomic E-state index is 0.230. The van der Waals surface area contributed by atoms with Crippen LogP contribution in [0.1, 0.15) is 6.42 Å². The van der Waals surface area contributed by atoms with Crippen molar-refractivity contribution in [2.45, 2.75) is 12.5 Å². The van der Waals surface area contributed by atoms with E-state index in [0.717, 1.165) is 41.9 Å². The molecule has 0 aliphatic carbocycles. The first-order valence-corrected chi connectivity index (χ1v) is 6.70. The Labute approximate surface area is 109 Å². The third kappa shape index (κ3) is 2.06. The second-order valence-electron chi connectivity index (χ2n) is 4.33. The fourth-order valence-corrected chi connectivity index (χ4v) is 2.82. The Balaban J connectivity index is 1.80. The summed E-state index contributed by atoms with van der Waals surface area (Å²) in [5.41, 5.74) is 5.88. The highest BCUT2D eigenvalue weighted by Crippen LogP contribution is 2.29. The van der Waals surface area contributed by atoms with Crippen molar-refractivity contribution in [1.29, 1.82) is 0 Å². The van der Waals surface area contributed by atoms with Crippen LogP contribution in [0.3, 0.4) is 0 Å². The maximum absolute atomic E-state index is 5.88. The van der Waals surface area contributed by atoms with Crippen LogP contribution in [0.2, 0.25) is 0 Å². The number of rotatable bonds is 3. The quantitative estimate of drug-likeness (QED) is 0.868. The molecule has 1 fully saturated rings. The Morgan fingerprint density at radius 1 is 1.61 bits per heavy atom. The van der Waals surface area contributed by atoms with Crippen molar-refractivity contribution < 1.29 is 4.74 Å². The van der Waals surface area contributed by atoms with Crippen molar-refractivity contribution in [1.82, 2.24) is 15.2 Å². The molecule has 96 valence electrons. The van der Waals surface area contributed by atoms with E-state index in [1.165, 1.54) is 0 Å². The number of thiophene rings is 1. The predicted molar refractivity (Wildman–Crippen MR) is 71.1 cm³/mol. The van der Waals surface area contributed by atoms with Crippen molar-refractivity contribution in [3.8, 4) is 16.5 Å². The summed E-state index contributed by atoms with van der Waals surface area (Å²) in [6, 6.07) is 2.18. The van der Waals surface area contributed by atoms with Crippen molar-refractivity contribution in [2.24, 2.45) is 5.73 Å². The van der Waals surface area contributed by atoms with Gasteiger partial charge in [0.25, 0.3) is 0 Å². The molecule has 3 rings (SSSR count). The first kappa shape index (κ1) is 11.5. The molecule has 6 nitrogen and oxygen atoms in total. The van der Waals surface area contributed by atoms with Crippen molar-refractivity contribution in [2.75, 3.05) is 25.1 Å². The lowest BCUT2D eigenvalue weighted by atomic mass is 10.3. The molecule has 2 aromatic heterocycles. The van der Waals surface area contributed by atoms with Crippen LogP contribution in [0.25, 0.3) is 10.7 Å². The van der Waals surface area contributed by atoms with Gasteiger partial charge in [0, 0.05) is 30.6 Å². The molecule has 1 atom stereocenters. The number of methoxy groups -OCH3 is 1. The van der Waals surface area contributed by atoms with Crippen LogP contribution in [0.15, 0.2) is 11.4 Å². The van der Waals surface area contributed by atoms with Crippen LogP contribution in [0.4, 0.5) is 5.95 Å². The molecule has 2 aromatic rings. The van der Waals surface area contributed by atoms with E-state index in [-0.39, 0.29) is 6.04 Å². The normalized spacial score (nSPS) is 19.4. The number of nitrogens with two attached hydrogens (primary N) is 1. The third-order valence-corrected chi connectivity index (χ3v) is 3.94. The summed E-state index contributed by atoms with van der Waals surface area (Å²) < 4.78 is 5.16. The maximum atomic E-state index is 5.88. The van der Waals surface area contributed by atoms with Gasteiger partial charge in [0.2, 0.25) is 5.95 Å². The molecule has 0 spiro atoms. The summed E-state index contributed by atoms with van der Waals surface area (Å²) in [5.74, 6) is 2.35. The standard InChI is InChI=1S/C11H15N5OS/c1-17-8-4-9(18-6-8)10-13-11(15-14-10)16-3-2-7(12)5-16/h4,6-7H,2-3,5,12H2,1H3,(H,13,14,15). The van der Waals surface area contributed by atoms with Crippen LogP contribution in [-0.4, -0.2) is 41.4 Å². The van der Waals surface area contributed by atoms with Crippen molar-refractivity contribution in [3.05, 3.63) is 11.4 Å². The molecule has 1 aliphatic heterocycles. The second kappa shape index (κ2) is 4.58. The molecular formula is C11H15N5OS. The van der Waals surface area contributed by atoms with E-state index in [1.807, 2.05) is 11.4 Å². The number of nitrogens with one attached hydrogen (secondary N) is 1. The van der Waals surface area contributed by atoms with Crippen molar-refractivity contribution in [3.63, 3.8) is 0 Å². The van der Waals surface area contributed by atoms with E-state index in [4.69, 9.17) is 10.5 Å². The van der Waals surface area contributed by atoms with Crippen LogP contribution in [-0.2, 0) is 0 Å². The average Bonchev–Trinajstić information content (AvgIpc) is 3.07. The molecule has 0 bridgehead atoms. The summed E-state index contributed by atoms with van der Waals surface area (Å²) in [6.45, 7) is 1.75. The molecule has 18 heavy (non-hydrogen) atoms. The molecule has 0 radical (unpaired) electrons. The Hall–Kier alpha value is -1.60. The van der Waals surface area contributed by atoms with Crippen LogP contribution in [0, 0.1) is 0 Å². The van der Waals surface area contributed by atoms with E-state index >= 15 is 0 Å². The molecule has 1 unspecified atom stereocenters. The van der Waals surface area contributed by atoms with E-state index in [1.54, 1.807) is 18.4 Å². The highest BCUT2D eigenvalue weighted by atomic mass is 32.1. The highest BCUT2D eigenvalue weighted by molar-refractivity contribution is 7.13. The fourth-order valence-electron chi connectivity index (χ4n) is 2.02. The SMILES string of the molecule is COc1csc(-c2nc(N3CCC(N)C3)n[nH]2)c1. The van der Waals surface area contributed by atoms with Gasteiger partial charge < -0.3 is 15.4 Å². The Morgan fingerprint density at radius 3 is 3.17 bits per heavy atom. The predicted octanol–water partition coefficient (Wildman–Crippen LogP) is 1.08. The molecule has 1 saturated heterocycles. The Morgan fingerprint density at radius 2 is 2.50 bits per heavy atom. The largest absolute Gasteiger partial charge is 0.496 e. The van der Waals surface area contributed by atoms with Gasteiger partial charge in [-0.05, 0) is 6.42 Å². The molecular weight excluding hydrogens is 250 g/mol. The topological polar surface area (TPSA) is 80.1 Å². The number of H-pyrrole nitrogens is 1. The number of aromatic amines is 1.